The van der Waals surface area contributed by atoms with Crippen LogP contribution < -0.4 is 16.8 Å². The van der Waals surface area contributed by atoms with Crippen molar-refractivity contribution in [3.63, 3.8) is 0 Å². The van der Waals surface area contributed by atoms with Gasteiger partial charge >= 0.3 is 5.97 Å². The number of carbonyl (C=O) groups is 2. The Balaban J connectivity index is 0. The third-order valence-electron chi connectivity index (χ3n) is 3.14. The molecule has 0 fully saturated rings. The molecule has 5 N–H and O–H groups in total. The molecule has 7 nitrogen and oxygen atoms in total. The van der Waals surface area contributed by atoms with Gasteiger partial charge in [-0.3, -0.25) is 9.59 Å². The van der Waals surface area contributed by atoms with Crippen LogP contribution in [0.25, 0.3) is 0 Å². The first-order valence-electron chi connectivity index (χ1n) is 7.63. The highest BCUT2D eigenvalue weighted by Gasteiger charge is 2.17. The number of amides is 1. The number of hydrogen-bond donors (Lipinski definition) is 3. The molecule has 0 radical (unpaired) electrons. The van der Waals surface area contributed by atoms with E-state index in [0.717, 1.165) is 12.8 Å². The van der Waals surface area contributed by atoms with Crippen molar-refractivity contribution in [3.8, 4) is 0 Å². The second kappa shape index (κ2) is 15.2. The van der Waals surface area contributed by atoms with Crippen LogP contribution in [0.2, 0.25) is 10.3 Å². The molecule has 1 amide bonds. The Hall–Kier alpha value is -0.830. The van der Waals surface area contributed by atoms with Crippen molar-refractivity contribution in [2.24, 2.45) is 11.5 Å². The molecule has 0 aliphatic rings. The summed E-state index contributed by atoms with van der Waals surface area (Å²) in [5.41, 5.74) is 11.7. The van der Waals surface area contributed by atoms with Crippen LogP contribution in [0.4, 0.5) is 0 Å². The van der Waals surface area contributed by atoms with E-state index in [2.05, 4.69) is 10.3 Å². The zero-order valence-corrected chi connectivity index (χ0v) is 17.2. The summed E-state index contributed by atoms with van der Waals surface area (Å²) in [6, 6.07) is 2.22. The predicted octanol–water partition coefficient (Wildman–Crippen LogP) is 2.24. The molecule has 1 heterocycles. The van der Waals surface area contributed by atoms with E-state index < -0.39 is 12.0 Å². The van der Waals surface area contributed by atoms with Crippen LogP contribution in [0.5, 0.6) is 0 Å². The summed E-state index contributed by atoms with van der Waals surface area (Å²) in [6.07, 6.45) is 2.05. The highest BCUT2D eigenvalue weighted by molar-refractivity contribution is 6.32. The molecule has 0 unspecified atom stereocenters. The van der Waals surface area contributed by atoms with Crippen LogP contribution in [0.15, 0.2) is 12.1 Å². The summed E-state index contributed by atoms with van der Waals surface area (Å²) in [7, 11) is 0. The van der Waals surface area contributed by atoms with Gasteiger partial charge in [-0.2, -0.15) is 0 Å². The Kier molecular flexibility index (Phi) is 16.1. The number of rotatable bonds is 10. The highest BCUT2D eigenvalue weighted by Crippen LogP contribution is 2.15. The maximum absolute atomic E-state index is 11.8. The first-order chi connectivity index (χ1) is 11.4. The molecule has 26 heavy (non-hydrogen) atoms. The number of nitrogens with one attached hydrogen (secondary N) is 1. The molecule has 11 heteroatoms. The van der Waals surface area contributed by atoms with E-state index in [1.165, 1.54) is 0 Å². The molecule has 0 aliphatic carbocycles. The average Bonchev–Trinajstić information content (AvgIpc) is 2.53. The van der Waals surface area contributed by atoms with Crippen LogP contribution in [0, 0.1) is 0 Å². The largest absolute Gasteiger partial charge is 0.460 e. The fraction of sp³-hybridized carbons (Fsp3) is 0.533. The molecule has 0 spiro atoms. The number of hydrogen-bond acceptors (Lipinski definition) is 6. The van der Waals surface area contributed by atoms with Gasteiger partial charge in [0.25, 0.3) is 0 Å². The summed E-state index contributed by atoms with van der Waals surface area (Å²) >= 11 is 11.5. The molecule has 0 bridgehead atoms. The van der Waals surface area contributed by atoms with Crippen LogP contribution in [-0.4, -0.2) is 36.0 Å². The van der Waals surface area contributed by atoms with Gasteiger partial charge in [-0.1, -0.05) is 23.2 Å². The number of halogens is 4. The van der Waals surface area contributed by atoms with E-state index in [4.69, 9.17) is 39.4 Å². The molecule has 0 aromatic carbocycles. The van der Waals surface area contributed by atoms with E-state index in [9.17, 15) is 9.59 Å². The van der Waals surface area contributed by atoms with Crippen LogP contribution in [0.3, 0.4) is 0 Å². The van der Waals surface area contributed by atoms with E-state index in [0.29, 0.717) is 18.7 Å². The minimum atomic E-state index is -0.868. The number of esters is 1. The third-order valence-corrected chi connectivity index (χ3v) is 3.53. The topological polar surface area (TPSA) is 120 Å². The zero-order valence-electron chi connectivity index (χ0n) is 14.1. The molecule has 1 atom stereocenters. The van der Waals surface area contributed by atoms with Crippen molar-refractivity contribution in [3.05, 3.63) is 28.0 Å². The van der Waals surface area contributed by atoms with Gasteiger partial charge in [0.15, 0.2) is 0 Å². The number of nitrogens with two attached hydrogens (primary N) is 2. The molecule has 0 aliphatic heterocycles. The maximum atomic E-state index is 11.8. The fourth-order valence-electron chi connectivity index (χ4n) is 1.85. The van der Waals surface area contributed by atoms with Gasteiger partial charge in [0.1, 0.15) is 23.0 Å². The summed E-state index contributed by atoms with van der Waals surface area (Å²) in [5, 5.41) is 3.17. The summed E-state index contributed by atoms with van der Waals surface area (Å²) in [5.74, 6) is -0.738. The van der Waals surface area contributed by atoms with Gasteiger partial charge in [0.2, 0.25) is 5.91 Å². The first-order valence-corrected chi connectivity index (χ1v) is 8.39. The van der Waals surface area contributed by atoms with Gasteiger partial charge in [-0.25, -0.2) is 4.98 Å². The minimum Gasteiger partial charge on any atom is -0.460 e. The van der Waals surface area contributed by atoms with Crippen LogP contribution in [0.1, 0.15) is 31.2 Å². The number of nitrogens with zero attached hydrogens (tertiary/aromatic N) is 1. The van der Waals surface area contributed by atoms with Gasteiger partial charge in [0.05, 0.1) is 0 Å². The van der Waals surface area contributed by atoms with Crippen molar-refractivity contribution in [1.82, 2.24) is 10.3 Å². The molecule has 1 aromatic rings. The second-order valence-electron chi connectivity index (χ2n) is 5.22. The first kappa shape index (κ1) is 27.4. The monoisotopic (exact) mass is 448 g/mol. The van der Waals surface area contributed by atoms with Crippen molar-refractivity contribution in [2.75, 3.05) is 13.1 Å². The SMILES string of the molecule is Cl.Cl.NCCCCNC(=O)CC[C@H](N)C(=O)OCc1cc(Cl)nc(Cl)c1. The molecule has 1 aromatic heterocycles. The fourth-order valence-corrected chi connectivity index (χ4v) is 2.35. The van der Waals surface area contributed by atoms with Crippen molar-refractivity contribution < 1.29 is 14.3 Å². The van der Waals surface area contributed by atoms with Crippen molar-refractivity contribution >= 4 is 59.9 Å². The predicted molar refractivity (Wildman–Crippen MR) is 107 cm³/mol. The smallest absolute Gasteiger partial charge is 0.323 e. The lowest BCUT2D eigenvalue weighted by Crippen LogP contribution is -2.34. The lowest BCUT2D eigenvalue weighted by atomic mass is 10.1. The van der Waals surface area contributed by atoms with Crippen molar-refractivity contribution in [1.29, 1.82) is 0 Å². The number of ether oxygens (including phenoxy) is 1. The molecular formula is C15H24Cl4N4O3. The Morgan fingerprint density at radius 1 is 1.19 bits per heavy atom. The summed E-state index contributed by atoms with van der Waals surface area (Å²) < 4.78 is 5.09. The van der Waals surface area contributed by atoms with Crippen molar-refractivity contribution in [2.45, 2.75) is 38.3 Å². The van der Waals surface area contributed by atoms with Gasteiger partial charge in [-0.05, 0) is 43.5 Å². The van der Waals surface area contributed by atoms with E-state index >= 15 is 0 Å². The molecule has 0 saturated carbocycles. The van der Waals surface area contributed by atoms with E-state index in [-0.39, 0.29) is 60.5 Å². The summed E-state index contributed by atoms with van der Waals surface area (Å²) in [6.45, 7) is 1.15. The Bertz CT molecular complexity index is 543. The zero-order chi connectivity index (χ0) is 17.9. The molecule has 1 rings (SSSR count). The lowest BCUT2D eigenvalue weighted by Gasteiger charge is -2.12. The van der Waals surface area contributed by atoms with Crippen LogP contribution in [-0.2, 0) is 20.9 Å². The van der Waals surface area contributed by atoms with Gasteiger partial charge < -0.3 is 21.5 Å². The van der Waals surface area contributed by atoms with Gasteiger partial charge in [0, 0.05) is 13.0 Å². The number of unbranched alkanes of at least 4 members (excludes halogenated alkanes) is 1. The summed E-state index contributed by atoms with van der Waals surface area (Å²) in [4.78, 5) is 27.2. The third kappa shape index (κ3) is 11.7. The average molecular weight is 450 g/mol. The van der Waals surface area contributed by atoms with Gasteiger partial charge in [-0.15, -0.1) is 24.8 Å². The van der Waals surface area contributed by atoms with E-state index in [1.54, 1.807) is 12.1 Å². The maximum Gasteiger partial charge on any atom is 0.323 e. The number of pyridine rings is 1. The molecule has 0 saturated heterocycles. The highest BCUT2D eigenvalue weighted by atomic mass is 35.5. The molecule has 150 valence electrons. The lowest BCUT2D eigenvalue weighted by molar-refractivity contribution is -0.146. The van der Waals surface area contributed by atoms with E-state index in [1.807, 2.05) is 0 Å². The number of carbonyl (C=O) groups excluding carboxylic acids is 2. The normalized spacial score (nSPS) is 10.9. The Labute approximate surface area is 175 Å². The van der Waals surface area contributed by atoms with Crippen LogP contribution >= 0.6 is 48.0 Å². The quantitative estimate of drug-likeness (QED) is 0.286. The Morgan fingerprint density at radius 2 is 1.81 bits per heavy atom. The Morgan fingerprint density at radius 3 is 2.38 bits per heavy atom. The minimum absolute atomic E-state index is 0. The molecular weight excluding hydrogens is 426 g/mol. The second-order valence-corrected chi connectivity index (χ2v) is 5.99. The standard InChI is InChI=1S/C15H22Cl2N4O3.2ClH/c16-12-7-10(8-13(17)21-12)9-24-15(23)11(19)3-4-14(22)20-6-2-1-5-18;;/h7-8,11H,1-6,9,18-19H2,(H,20,22);2*1H/t11-;;/m0../s1. The number of aromatic nitrogens is 1.